The first-order valence-corrected chi connectivity index (χ1v) is 8.36. The van der Waals surface area contributed by atoms with Crippen LogP contribution in [0.5, 0.6) is 0 Å². The molecule has 0 aromatic heterocycles. The van der Waals surface area contributed by atoms with Crippen molar-refractivity contribution in [2.45, 2.75) is 39.0 Å². The Balaban J connectivity index is 0.00000312. The van der Waals surface area contributed by atoms with Gasteiger partial charge >= 0.3 is 0 Å². The fourth-order valence-corrected chi connectivity index (χ4v) is 2.43. The van der Waals surface area contributed by atoms with Crippen LogP contribution in [0.2, 0.25) is 0 Å². The average Bonchev–Trinajstić information content (AvgIpc) is 2.60. The molecule has 2 aromatic rings. The number of unbranched alkanes of at least 4 members (excludes halogenated alkanes) is 1. The van der Waals surface area contributed by atoms with Gasteiger partial charge in [-0.2, -0.15) is 0 Å². The van der Waals surface area contributed by atoms with Crippen LogP contribution < -0.4 is 11.1 Å². The van der Waals surface area contributed by atoms with Crippen molar-refractivity contribution in [1.82, 2.24) is 0 Å². The van der Waals surface area contributed by atoms with Gasteiger partial charge in [-0.15, -0.1) is 12.4 Å². The van der Waals surface area contributed by atoms with Crippen molar-refractivity contribution in [3.05, 3.63) is 59.7 Å². The van der Waals surface area contributed by atoms with E-state index in [0.29, 0.717) is 16.9 Å². The maximum atomic E-state index is 12.2. The monoisotopic (exact) mass is 360 g/mol. The van der Waals surface area contributed by atoms with E-state index in [2.05, 4.69) is 12.2 Å². The lowest BCUT2D eigenvalue weighted by Crippen LogP contribution is -2.14. The summed E-state index contributed by atoms with van der Waals surface area (Å²) in [5, 5.41) is 2.73. The molecule has 0 aliphatic rings. The van der Waals surface area contributed by atoms with Gasteiger partial charge < -0.3 is 11.1 Å². The van der Waals surface area contributed by atoms with Crippen LogP contribution in [0.3, 0.4) is 0 Å². The maximum absolute atomic E-state index is 12.2. The Morgan fingerprint density at radius 2 is 1.68 bits per heavy atom. The Bertz CT molecular complexity index is 699. The summed E-state index contributed by atoms with van der Waals surface area (Å²) in [7, 11) is 0. The number of halogens is 1. The zero-order valence-electron chi connectivity index (χ0n) is 14.5. The van der Waals surface area contributed by atoms with E-state index in [1.807, 2.05) is 24.3 Å². The number of nitrogens with one attached hydrogen (secondary N) is 1. The van der Waals surface area contributed by atoms with Crippen LogP contribution in [0, 0.1) is 0 Å². The van der Waals surface area contributed by atoms with Crippen molar-refractivity contribution in [2.75, 3.05) is 11.1 Å². The third-order valence-electron chi connectivity index (χ3n) is 3.91. The molecule has 0 atom stereocenters. The normalized spacial score (nSPS) is 9.96. The Morgan fingerprint density at radius 3 is 2.32 bits per heavy atom. The van der Waals surface area contributed by atoms with Crippen LogP contribution in [-0.4, -0.2) is 11.7 Å². The molecule has 1 amide bonds. The molecule has 0 spiro atoms. The molecule has 0 heterocycles. The quantitative estimate of drug-likeness (QED) is 0.532. The molecule has 134 valence electrons. The summed E-state index contributed by atoms with van der Waals surface area (Å²) in [5.74, 6) is -0.228. The van der Waals surface area contributed by atoms with E-state index in [4.69, 9.17) is 5.73 Å². The third-order valence-corrected chi connectivity index (χ3v) is 3.91. The first-order valence-electron chi connectivity index (χ1n) is 8.36. The topological polar surface area (TPSA) is 72.2 Å². The first-order chi connectivity index (χ1) is 11.6. The molecule has 0 saturated carbocycles. The third kappa shape index (κ3) is 6.59. The molecule has 2 rings (SSSR count). The van der Waals surface area contributed by atoms with Gasteiger partial charge in [0.15, 0.2) is 5.78 Å². The summed E-state index contributed by atoms with van der Waals surface area (Å²) in [6.45, 7) is 2.16. The largest absolute Gasteiger partial charge is 0.397 e. The second-order valence-corrected chi connectivity index (χ2v) is 5.86. The number of hydrogen-bond donors (Lipinski definition) is 2. The minimum absolute atomic E-state index is 0. The first kappa shape index (κ1) is 20.7. The Kier molecular flexibility index (Phi) is 8.71. The summed E-state index contributed by atoms with van der Waals surface area (Å²) in [6.07, 6.45) is 3.67. The van der Waals surface area contributed by atoms with E-state index < -0.39 is 0 Å². The number of carbonyl (C=O) groups is 2. The van der Waals surface area contributed by atoms with E-state index in [0.717, 1.165) is 19.3 Å². The molecule has 0 fully saturated rings. The van der Waals surface area contributed by atoms with E-state index in [-0.39, 0.29) is 36.9 Å². The molecule has 0 bridgehead atoms. The maximum Gasteiger partial charge on any atom is 0.224 e. The highest BCUT2D eigenvalue weighted by Gasteiger charge is 2.10. The van der Waals surface area contributed by atoms with Gasteiger partial charge in [0.2, 0.25) is 5.91 Å². The van der Waals surface area contributed by atoms with Crippen molar-refractivity contribution >= 4 is 35.5 Å². The van der Waals surface area contributed by atoms with E-state index in [9.17, 15) is 9.59 Å². The minimum atomic E-state index is -0.208. The Hall–Kier alpha value is -2.33. The van der Waals surface area contributed by atoms with Crippen LogP contribution in [0.4, 0.5) is 11.4 Å². The van der Waals surface area contributed by atoms with Gasteiger partial charge in [-0.3, -0.25) is 9.59 Å². The lowest BCUT2D eigenvalue weighted by atomic mass is 10.0. The number of nitrogens with two attached hydrogens (primary N) is 1. The Morgan fingerprint density at radius 1 is 1.00 bits per heavy atom. The van der Waals surface area contributed by atoms with Crippen molar-refractivity contribution < 1.29 is 9.59 Å². The molecule has 3 N–H and O–H groups in total. The van der Waals surface area contributed by atoms with Gasteiger partial charge in [-0.1, -0.05) is 49.7 Å². The smallest absolute Gasteiger partial charge is 0.224 e. The fourth-order valence-electron chi connectivity index (χ4n) is 2.43. The second kappa shape index (κ2) is 10.5. The SMILES string of the molecule is CCCCc1ccc(C(=O)CCC(=O)Nc2ccccc2N)cc1.Cl. The van der Waals surface area contributed by atoms with Crippen molar-refractivity contribution in [2.24, 2.45) is 0 Å². The fraction of sp³-hybridized carbons (Fsp3) is 0.300. The van der Waals surface area contributed by atoms with Crippen LogP contribution in [0.1, 0.15) is 48.5 Å². The van der Waals surface area contributed by atoms with E-state index in [1.165, 1.54) is 5.56 Å². The zero-order valence-corrected chi connectivity index (χ0v) is 15.3. The zero-order chi connectivity index (χ0) is 17.4. The summed E-state index contributed by atoms with van der Waals surface area (Å²) in [4.78, 5) is 24.1. The predicted octanol–water partition coefficient (Wildman–Crippen LogP) is 4.63. The molecular formula is C20H25ClN2O2. The van der Waals surface area contributed by atoms with Crippen LogP contribution >= 0.6 is 12.4 Å². The number of anilines is 2. The van der Waals surface area contributed by atoms with Gasteiger partial charge in [-0.05, 0) is 30.5 Å². The molecule has 0 aliphatic carbocycles. The highest BCUT2D eigenvalue weighted by Crippen LogP contribution is 2.17. The molecule has 0 saturated heterocycles. The van der Waals surface area contributed by atoms with Gasteiger partial charge in [-0.25, -0.2) is 0 Å². The minimum Gasteiger partial charge on any atom is -0.397 e. The van der Waals surface area contributed by atoms with E-state index >= 15 is 0 Å². The molecule has 2 aromatic carbocycles. The molecule has 4 nitrogen and oxygen atoms in total. The Labute approximate surface area is 155 Å². The van der Waals surface area contributed by atoms with Crippen LogP contribution in [0.15, 0.2) is 48.5 Å². The van der Waals surface area contributed by atoms with Gasteiger partial charge in [0, 0.05) is 18.4 Å². The molecule has 0 aliphatic heterocycles. The predicted molar refractivity (Wildman–Crippen MR) is 105 cm³/mol. The molecule has 0 radical (unpaired) electrons. The van der Waals surface area contributed by atoms with Crippen molar-refractivity contribution in [3.63, 3.8) is 0 Å². The van der Waals surface area contributed by atoms with Crippen LogP contribution in [0.25, 0.3) is 0 Å². The number of benzene rings is 2. The molecule has 0 unspecified atom stereocenters. The second-order valence-electron chi connectivity index (χ2n) is 5.86. The summed E-state index contributed by atoms with van der Waals surface area (Å²) >= 11 is 0. The van der Waals surface area contributed by atoms with Crippen LogP contribution in [-0.2, 0) is 11.2 Å². The number of ketones is 1. The highest BCUT2D eigenvalue weighted by atomic mass is 35.5. The molecule has 5 heteroatoms. The number of hydrogen-bond acceptors (Lipinski definition) is 3. The average molecular weight is 361 g/mol. The number of rotatable bonds is 8. The molecule has 25 heavy (non-hydrogen) atoms. The highest BCUT2D eigenvalue weighted by molar-refractivity contribution is 6.00. The number of Topliss-reactive ketones (excluding diaryl/α,β-unsaturated/α-hetero) is 1. The van der Waals surface area contributed by atoms with Gasteiger partial charge in [0.25, 0.3) is 0 Å². The summed E-state index contributed by atoms with van der Waals surface area (Å²) < 4.78 is 0. The number of carbonyl (C=O) groups excluding carboxylic acids is 2. The van der Waals surface area contributed by atoms with E-state index in [1.54, 1.807) is 24.3 Å². The number of aryl methyl sites for hydroxylation is 1. The standard InChI is InChI=1S/C20H24N2O2.ClH/c1-2-3-6-15-9-11-16(12-10-15)19(23)13-14-20(24)22-18-8-5-4-7-17(18)21;/h4-5,7-12H,2-3,6,13-14,21H2,1H3,(H,22,24);1H. The van der Waals surface area contributed by atoms with Crippen molar-refractivity contribution in [1.29, 1.82) is 0 Å². The molecular weight excluding hydrogens is 336 g/mol. The summed E-state index contributed by atoms with van der Waals surface area (Å²) in [6, 6.07) is 14.8. The van der Waals surface area contributed by atoms with Gasteiger partial charge in [0.1, 0.15) is 0 Å². The number of amides is 1. The number of nitrogen functional groups attached to an aromatic ring is 1. The summed E-state index contributed by atoms with van der Waals surface area (Å²) in [5.41, 5.74) is 8.77. The lowest BCUT2D eigenvalue weighted by Gasteiger charge is -2.07. The number of para-hydroxylation sites is 2. The lowest BCUT2D eigenvalue weighted by molar-refractivity contribution is -0.116. The van der Waals surface area contributed by atoms with Gasteiger partial charge in [0.05, 0.1) is 11.4 Å². The van der Waals surface area contributed by atoms with Crippen molar-refractivity contribution in [3.8, 4) is 0 Å².